The monoisotopic (exact) mass is 318 g/mol. The Bertz CT molecular complexity index is 598. The Morgan fingerprint density at radius 2 is 1.70 bits per heavy atom. The molecule has 20 heavy (non-hydrogen) atoms. The second-order valence-electron chi connectivity index (χ2n) is 4.06. The molecule has 0 bridgehead atoms. The number of benzene rings is 2. The smallest absolute Gasteiger partial charge is 0.194 e. The van der Waals surface area contributed by atoms with Crippen molar-refractivity contribution in [2.24, 2.45) is 0 Å². The second kappa shape index (κ2) is 6.52. The number of hydrogen-bond acceptors (Lipinski definition) is 2. The molecule has 2 aromatic rings. The van der Waals surface area contributed by atoms with Crippen LogP contribution >= 0.6 is 23.4 Å². The highest BCUT2D eigenvalue weighted by Crippen LogP contribution is 2.30. The Balaban J connectivity index is 2.09. The fourth-order valence-electron chi connectivity index (χ4n) is 1.59. The molecular weight excluding hydrogens is 309 g/mol. The van der Waals surface area contributed by atoms with Crippen LogP contribution in [0.1, 0.15) is 11.7 Å². The van der Waals surface area contributed by atoms with Gasteiger partial charge in [0.1, 0.15) is 0 Å². The maximum absolute atomic E-state index is 13.1. The zero-order chi connectivity index (χ0) is 14.7. The first-order chi connectivity index (χ1) is 9.49. The highest BCUT2D eigenvalue weighted by Gasteiger charge is 2.16. The number of aliphatic hydroxyl groups excluding tert-OH is 1. The maximum atomic E-state index is 13.1. The van der Waals surface area contributed by atoms with E-state index in [2.05, 4.69) is 0 Å². The van der Waals surface area contributed by atoms with E-state index in [4.69, 9.17) is 11.6 Å². The summed E-state index contributed by atoms with van der Waals surface area (Å²) < 4.78 is 39.0. The SMILES string of the molecule is OC(CSc1ccccc1Cl)c1cc(F)c(F)c(F)c1. The molecule has 0 saturated carbocycles. The predicted octanol–water partition coefficient (Wildman–Crippen LogP) is 4.58. The Morgan fingerprint density at radius 1 is 1.10 bits per heavy atom. The molecule has 1 N–H and O–H groups in total. The zero-order valence-corrected chi connectivity index (χ0v) is 11.7. The second-order valence-corrected chi connectivity index (χ2v) is 5.52. The first-order valence-corrected chi connectivity index (χ1v) is 7.05. The summed E-state index contributed by atoms with van der Waals surface area (Å²) in [6.45, 7) is 0. The molecule has 0 aromatic heterocycles. The molecule has 1 unspecified atom stereocenters. The molecule has 1 nitrogen and oxygen atoms in total. The van der Waals surface area contributed by atoms with E-state index in [0.29, 0.717) is 5.02 Å². The van der Waals surface area contributed by atoms with Crippen molar-refractivity contribution < 1.29 is 18.3 Å². The van der Waals surface area contributed by atoms with Crippen molar-refractivity contribution in [3.63, 3.8) is 0 Å². The fraction of sp³-hybridized carbons (Fsp3) is 0.143. The van der Waals surface area contributed by atoms with Crippen molar-refractivity contribution in [2.75, 3.05) is 5.75 Å². The van der Waals surface area contributed by atoms with Crippen LogP contribution in [0, 0.1) is 17.5 Å². The quantitative estimate of drug-likeness (QED) is 0.657. The van der Waals surface area contributed by atoms with Gasteiger partial charge in [-0.3, -0.25) is 0 Å². The van der Waals surface area contributed by atoms with Gasteiger partial charge in [0.2, 0.25) is 0 Å². The van der Waals surface area contributed by atoms with Crippen LogP contribution in [0.2, 0.25) is 5.02 Å². The summed E-state index contributed by atoms with van der Waals surface area (Å²) in [7, 11) is 0. The number of thioether (sulfide) groups is 1. The van der Waals surface area contributed by atoms with Crippen LogP contribution in [0.3, 0.4) is 0 Å². The Hall–Kier alpha value is -1.17. The molecule has 2 aromatic carbocycles. The van der Waals surface area contributed by atoms with Crippen LogP contribution in [0.4, 0.5) is 13.2 Å². The molecule has 0 aliphatic heterocycles. The normalized spacial score (nSPS) is 12.4. The number of halogens is 4. The van der Waals surface area contributed by atoms with Crippen LogP contribution in [-0.4, -0.2) is 10.9 Å². The van der Waals surface area contributed by atoms with Gasteiger partial charge in [-0.2, -0.15) is 0 Å². The Kier molecular flexibility index (Phi) is 4.96. The Morgan fingerprint density at radius 3 is 2.30 bits per heavy atom. The van der Waals surface area contributed by atoms with Gasteiger partial charge in [0.05, 0.1) is 11.1 Å². The summed E-state index contributed by atoms with van der Waals surface area (Å²) in [6.07, 6.45) is -1.12. The molecule has 0 radical (unpaired) electrons. The molecule has 2 rings (SSSR count). The number of aliphatic hydroxyl groups is 1. The van der Waals surface area contributed by atoms with Gasteiger partial charge in [-0.05, 0) is 29.8 Å². The molecule has 106 valence electrons. The lowest BCUT2D eigenvalue weighted by molar-refractivity contribution is 0.202. The summed E-state index contributed by atoms with van der Waals surface area (Å²) in [5.41, 5.74) is -0.0130. The van der Waals surface area contributed by atoms with Gasteiger partial charge >= 0.3 is 0 Å². The fourth-order valence-corrected chi connectivity index (χ4v) is 2.80. The van der Waals surface area contributed by atoms with E-state index in [1.54, 1.807) is 24.3 Å². The third-order valence-corrected chi connectivity index (χ3v) is 4.22. The van der Waals surface area contributed by atoms with E-state index in [1.165, 1.54) is 11.8 Å². The van der Waals surface area contributed by atoms with Crippen molar-refractivity contribution in [3.8, 4) is 0 Å². The summed E-state index contributed by atoms with van der Waals surface area (Å²) >= 11 is 7.20. The molecule has 1 atom stereocenters. The average Bonchev–Trinajstić information content (AvgIpc) is 2.43. The molecule has 0 aliphatic rings. The van der Waals surface area contributed by atoms with E-state index in [0.717, 1.165) is 17.0 Å². The highest BCUT2D eigenvalue weighted by atomic mass is 35.5. The lowest BCUT2D eigenvalue weighted by Gasteiger charge is -2.12. The molecule has 6 heteroatoms. The molecule has 0 amide bonds. The lowest BCUT2D eigenvalue weighted by Crippen LogP contribution is -2.04. The van der Waals surface area contributed by atoms with Gasteiger partial charge in [-0.15, -0.1) is 11.8 Å². The van der Waals surface area contributed by atoms with Gasteiger partial charge in [0.25, 0.3) is 0 Å². The van der Waals surface area contributed by atoms with E-state index < -0.39 is 23.6 Å². The molecule has 0 aliphatic carbocycles. The molecular formula is C14H10ClF3OS. The van der Waals surface area contributed by atoms with Crippen LogP contribution < -0.4 is 0 Å². The van der Waals surface area contributed by atoms with Crippen molar-refractivity contribution in [1.82, 2.24) is 0 Å². The van der Waals surface area contributed by atoms with Gasteiger partial charge in [-0.25, -0.2) is 13.2 Å². The molecule has 0 saturated heterocycles. The lowest BCUT2D eigenvalue weighted by atomic mass is 10.1. The van der Waals surface area contributed by atoms with Crippen LogP contribution in [0.25, 0.3) is 0 Å². The minimum atomic E-state index is -1.54. The first kappa shape index (κ1) is 15.2. The average molecular weight is 319 g/mol. The summed E-state index contributed by atoms with van der Waals surface area (Å²) in [5.74, 6) is -4.03. The first-order valence-electron chi connectivity index (χ1n) is 5.69. The highest BCUT2D eigenvalue weighted by molar-refractivity contribution is 7.99. The molecule has 0 fully saturated rings. The minimum absolute atomic E-state index is 0.0130. The number of rotatable bonds is 4. The Labute approximate surface area is 123 Å². The summed E-state index contributed by atoms with van der Waals surface area (Å²) in [4.78, 5) is 0.747. The van der Waals surface area contributed by atoms with E-state index in [1.807, 2.05) is 0 Å². The predicted molar refractivity (Wildman–Crippen MR) is 73.5 cm³/mol. The van der Waals surface area contributed by atoms with Gasteiger partial charge < -0.3 is 5.11 Å². The van der Waals surface area contributed by atoms with Gasteiger partial charge in [-0.1, -0.05) is 23.7 Å². The minimum Gasteiger partial charge on any atom is -0.388 e. The van der Waals surface area contributed by atoms with E-state index in [-0.39, 0.29) is 11.3 Å². The zero-order valence-electron chi connectivity index (χ0n) is 10.1. The maximum Gasteiger partial charge on any atom is 0.194 e. The molecule has 0 heterocycles. The van der Waals surface area contributed by atoms with E-state index in [9.17, 15) is 18.3 Å². The summed E-state index contributed by atoms with van der Waals surface area (Å²) in [6, 6.07) is 8.61. The molecule has 0 spiro atoms. The third kappa shape index (κ3) is 3.48. The van der Waals surface area contributed by atoms with Crippen molar-refractivity contribution in [3.05, 3.63) is 64.4 Å². The number of hydrogen-bond donors (Lipinski definition) is 1. The van der Waals surface area contributed by atoms with Gasteiger partial charge in [0.15, 0.2) is 17.5 Å². The van der Waals surface area contributed by atoms with Crippen LogP contribution in [0.5, 0.6) is 0 Å². The standard InChI is InChI=1S/C14H10ClF3OS/c15-9-3-1-2-4-13(9)20-7-12(19)8-5-10(16)14(18)11(17)6-8/h1-6,12,19H,7H2. The van der Waals surface area contributed by atoms with Crippen molar-refractivity contribution in [1.29, 1.82) is 0 Å². The summed E-state index contributed by atoms with van der Waals surface area (Å²) in [5, 5.41) is 10.4. The van der Waals surface area contributed by atoms with Crippen molar-refractivity contribution in [2.45, 2.75) is 11.0 Å². The van der Waals surface area contributed by atoms with Crippen LogP contribution in [-0.2, 0) is 0 Å². The van der Waals surface area contributed by atoms with Crippen LogP contribution in [0.15, 0.2) is 41.3 Å². The largest absolute Gasteiger partial charge is 0.388 e. The topological polar surface area (TPSA) is 20.2 Å². The van der Waals surface area contributed by atoms with Crippen molar-refractivity contribution >= 4 is 23.4 Å². The third-order valence-electron chi connectivity index (χ3n) is 2.62. The van der Waals surface area contributed by atoms with Gasteiger partial charge in [0, 0.05) is 10.6 Å². The van der Waals surface area contributed by atoms with E-state index >= 15 is 0 Å².